The molecule has 0 saturated carbocycles. The fourth-order valence-electron chi connectivity index (χ4n) is 1.58. The van der Waals surface area contributed by atoms with Crippen molar-refractivity contribution in [1.82, 2.24) is 0 Å². The van der Waals surface area contributed by atoms with E-state index in [9.17, 15) is 9.59 Å². The van der Waals surface area contributed by atoms with Crippen LogP contribution in [0.5, 0.6) is 0 Å². The molecule has 106 valence electrons. The Morgan fingerprint density at radius 3 is 2.58 bits per heavy atom. The number of hydrogen-bond acceptors (Lipinski definition) is 4. The Labute approximate surface area is 117 Å². The van der Waals surface area contributed by atoms with Gasteiger partial charge in [0.05, 0.1) is 17.9 Å². The number of primary amides is 1. The number of aryl methyl sites for hydroxylation is 1. The molecule has 1 aromatic carbocycles. The van der Waals surface area contributed by atoms with Crippen molar-refractivity contribution in [1.29, 1.82) is 0 Å². The van der Waals surface area contributed by atoms with E-state index in [1.54, 1.807) is 25.1 Å². The highest BCUT2D eigenvalue weighted by atomic mass is 35.5. The minimum absolute atomic E-state index is 0. The van der Waals surface area contributed by atoms with Gasteiger partial charge in [0.1, 0.15) is 6.04 Å². The summed E-state index contributed by atoms with van der Waals surface area (Å²) in [6.45, 7) is 1.84. The number of nitrogens with one attached hydrogen (secondary N) is 1. The van der Waals surface area contributed by atoms with Gasteiger partial charge in [-0.2, -0.15) is 0 Å². The van der Waals surface area contributed by atoms with Crippen LogP contribution in [0.3, 0.4) is 0 Å². The largest absolute Gasteiger partial charge is 0.383 e. The standard InChI is InChI=1S/C12H17N3O3.ClH/c1-7-4-3-5-9(10(7)11(14)16)15-12(17)8(13)6-18-2;/h3-5,8H,6,13H2,1-2H3,(H2,14,16)(H,15,17);1H. The summed E-state index contributed by atoms with van der Waals surface area (Å²) < 4.78 is 4.79. The first-order chi connectivity index (χ1) is 8.47. The summed E-state index contributed by atoms with van der Waals surface area (Å²) in [4.78, 5) is 23.1. The van der Waals surface area contributed by atoms with Crippen molar-refractivity contribution < 1.29 is 14.3 Å². The Morgan fingerprint density at radius 1 is 1.42 bits per heavy atom. The summed E-state index contributed by atoms with van der Waals surface area (Å²) in [7, 11) is 1.45. The van der Waals surface area contributed by atoms with E-state index in [4.69, 9.17) is 16.2 Å². The van der Waals surface area contributed by atoms with Gasteiger partial charge in [0.25, 0.3) is 5.91 Å². The maximum Gasteiger partial charge on any atom is 0.251 e. The van der Waals surface area contributed by atoms with E-state index in [1.807, 2.05) is 0 Å². The van der Waals surface area contributed by atoms with Crippen molar-refractivity contribution in [2.45, 2.75) is 13.0 Å². The van der Waals surface area contributed by atoms with Crippen molar-refractivity contribution in [3.63, 3.8) is 0 Å². The monoisotopic (exact) mass is 287 g/mol. The van der Waals surface area contributed by atoms with Crippen LogP contribution < -0.4 is 16.8 Å². The zero-order valence-electron chi connectivity index (χ0n) is 10.8. The van der Waals surface area contributed by atoms with Gasteiger partial charge in [-0.05, 0) is 18.6 Å². The van der Waals surface area contributed by atoms with Gasteiger partial charge in [-0.3, -0.25) is 9.59 Å². The molecule has 0 aliphatic carbocycles. The second kappa shape index (κ2) is 7.73. The van der Waals surface area contributed by atoms with E-state index in [-0.39, 0.29) is 24.6 Å². The highest BCUT2D eigenvalue weighted by Gasteiger charge is 2.17. The van der Waals surface area contributed by atoms with E-state index in [1.165, 1.54) is 7.11 Å². The second-order valence-electron chi connectivity index (χ2n) is 3.91. The third-order valence-corrected chi connectivity index (χ3v) is 2.46. The van der Waals surface area contributed by atoms with Crippen molar-refractivity contribution in [2.75, 3.05) is 19.0 Å². The number of ether oxygens (including phenoxy) is 1. The van der Waals surface area contributed by atoms with Crippen LogP contribution >= 0.6 is 12.4 Å². The molecule has 1 rings (SSSR count). The molecule has 0 bridgehead atoms. The van der Waals surface area contributed by atoms with E-state index in [0.29, 0.717) is 11.3 Å². The molecule has 1 atom stereocenters. The molecule has 1 aromatic rings. The number of carbonyl (C=O) groups is 2. The lowest BCUT2D eigenvalue weighted by Crippen LogP contribution is -2.39. The highest BCUT2D eigenvalue weighted by Crippen LogP contribution is 2.18. The highest BCUT2D eigenvalue weighted by molar-refractivity contribution is 6.05. The molecule has 5 N–H and O–H groups in total. The first kappa shape index (κ1) is 17.4. The first-order valence-electron chi connectivity index (χ1n) is 5.42. The molecular formula is C12H18ClN3O3. The van der Waals surface area contributed by atoms with E-state index in [2.05, 4.69) is 5.32 Å². The first-order valence-corrected chi connectivity index (χ1v) is 5.42. The number of carbonyl (C=O) groups excluding carboxylic acids is 2. The Hall–Kier alpha value is -1.63. The van der Waals surface area contributed by atoms with E-state index < -0.39 is 17.9 Å². The quantitative estimate of drug-likeness (QED) is 0.730. The van der Waals surface area contributed by atoms with Gasteiger partial charge in [-0.25, -0.2) is 0 Å². The average molecular weight is 288 g/mol. The van der Waals surface area contributed by atoms with Crippen LogP contribution in [-0.4, -0.2) is 31.6 Å². The summed E-state index contributed by atoms with van der Waals surface area (Å²) in [5.41, 5.74) is 12.2. The van der Waals surface area contributed by atoms with E-state index in [0.717, 1.165) is 0 Å². The molecule has 0 radical (unpaired) electrons. The van der Waals surface area contributed by atoms with Crippen LogP contribution in [0.4, 0.5) is 5.69 Å². The number of hydrogen-bond donors (Lipinski definition) is 3. The van der Waals surface area contributed by atoms with Crippen molar-refractivity contribution in [2.24, 2.45) is 11.5 Å². The van der Waals surface area contributed by atoms with Gasteiger partial charge in [0, 0.05) is 7.11 Å². The smallest absolute Gasteiger partial charge is 0.251 e. The molecule has 1 unspecified atom stereocenters. The molecule has 2 amide bonds. The predicted molar refractivity (Wildman–Crippen MR) is 75.4 cm³/mol. The fourth-order valence-corrected chi connectivity index (χ4v) is 1.58. The molecule has 0 aromatic heterocycles. The fraction of sp³-hybridized carbons (Fsp3) is 0.333. The lowest BCUT2D eigenvalue weighted by molar-refractivity contribution is -0.118. The van der Waals surface area contributed by atoms with E-state index >= 15 is 0 Å². The normalized spacial score (nSPS) is 11.3. The van der Waals surface area contributed by atoms with Gasteiger partial charge < -0.3 is 21.5 Å². The number of halogens is 1. The number of benzene rings is 1. The molecule has 0 heterocycles. The summed E-state index contributed by atoms with van der Waals surface area (Å²) in [6.07, 6.45) is 0. The Bertz CT molecular complexity index is 466. The van der Waals surface area contributed by atoms with Gasteiger partial charge >= 0.3 is 0 Å². The van der Waals surface area contributed by atoms with Crippen LogP contribution in [0.15, 0.2) is 18.2 Å². The zero-order chi connectivity index (χ0) is 13.7. The Kier molecular flexibility index (Phi) is 7.06. The molecule has 19 heavy (non-hydrogen) atoms. The summed E-state index contributed by atoms with van der Waals surface area (Å²) in [6, 6.07) is 4.27. The minimum atomic E-state index is -0.795. The van der Waals surface area contributed by atoms with Crippen molar-refractivity contribution in [3.8, 4) is 0 Å². The molecule has 0 aliphatic heterocycles. The van der Waals surface area contributed by atoms with Crippen LogP contribution in [0.2, 0.25) is 0 Å². The lowest BCUT2D eigenvalue weighted by atomic mass is 10.1. The zero-order valence-corrected chi connectivity index (χ0v) is 11.6. The Balaban J connectivity index is 0.00000324. The maximum atomic E-state index is 11.7. The molecule has 0 aliphatic rings. The van der Waals surface area contributed by atoms with Crippen LogP contribution in [0.1, 0.15) is 15.9 Å². The maximum absolute atomic E-state index is 11.7. The van der Waals surface area contributed by atoms with Crippen molar-refractivity contribution in [3.05, 3.63) is 29.3 Å². The third kappa shape index (κ3) is 4.51. The number of nitrogens with two attached hydrogens (primary N) is 2. The lowest BCUT2D eigenvalue weighted by Gasteiger charge is -2.14. The molecule has 0 fully saturated rings. The molecule has 6 nitrogen and oxygen atoms in total. The van der Waals surface area contributed by atoms with Gasteiger partial charge in [0.2, 0.25) is 5.91 Å². The van der Waals surface area contributed by atoms with Gasteiger partial charge in [-0.1, -0.05) is 12.1 Å². The van der Waals surface area contributed by atoms with Gasteiger partial charge in [-0.15, -0.1) is 12.4 Å². The number of amides is 2. The van der Waals surface area contributed by atoms with Gasteiger partial charge in [0.15, 0.2) is 0 Å². The van der Waals surface area contributed by atoms with Crippen LogP contribution in [0.25, 0.3) is 0 Å². The number of rotatable bonds is 5. The summed E-state index contributed by atoms with van der Waals surface area (Å²) in [5, 5.41) is 2.57. The van der Waals surface area contributed by atoms with Crippen LogP contribution in [-0.2, 0) is 9.53 Å². The molecule has 0 spiro atoms. The third-order valence-electron chi connectivity index (χ3n) is 2.46. The Morgan fingerprint density at radius 2 is 2.05 bits per heavy atom. The second-order valence-corrected chi connectivity index (χ2v) is 3.91. The topological polar surface area (TPSA) is 107 Å². The number of anilines is 1. The molecular weight excluding hydrogens is 270 g/mol. The SMILES string of the molecule is COCC(N)C(=O)Nc1cccc(C)c1C(N)=O.Cl. The molecule has 0 saturated heterocycles. The summed E-state index contributed by atoms with van der Waals surface area (Å²) >= 11 is 0. The van der Waals surface area contributed by atoms with Crippen molar-refractivity contribution >= 4 is 29.9 Å². The van der Waals surface area contributed by atoms with Crippen LogP contribution in [0, 0.1) is 6.92 Å². The predicted octanol–water partition coefficient (Wildman–Crippen LogP) is 0.428. The number of methoxy groups -OCH3 is 1. The molecule has 7 heteroatoms. The summed E-state index contributed by atoms with van der Waals surface area (Å²) in [5.74, 6) is -1.02. The average Bonchev–Trinajstić information content (AvgIpc) is 2.28. The minimum Gasteiger partial charge on any atom is -0.383 e.